The molecular weight excluding hydrogens is 299 g/mol. The summed E-state index contributed by atoms with van der Waals surface area (Å²) < 4.78 is 1.88. The quantitative estimate of drug-likeness (QED) is 0.869. The average molecular weight is 317 g/mol. The zero-order valence-corrected chi connectivity index (χ0v) is 12.8. The third kappa shape index (κ3) is 3.06. The van der Waals surface area contributed by atoms with Gasteiger partial charge in [0.05, 0.1) is 5.56 Å². The van der Waals surface area contributed by atoms with Crippen LogP contribution in [0.1, 0.15) is 17.3 Å². The highest BCUT2D eigenvalue weighted by Crippen LogP contribution is 2.11. The number of carbonyl (C=O) groups is 1. The van der Waals surface area contributed by atoms with E-state index < -0.39 is 0 Å². The van der Waals surface area contributed by atoms with Crippen molar-refractivity contribution in [3.8, 4) is 0 Å². The smallest absolute Gasteiger partial charge is 0.255 e. The third-order valence-corrected chi connectivity index (χ3v) is 3.40. The van der Waals surface area contributed by atoms with Crippen LogP contribution in [0.25, 0.3) is 5.65 Å². The van der Waals surface area contributed by atoms with Gasteiger partial charge in [0, 0.05) is 44.3 Å². The summed E-state index contributed by atoms with van der Waals surface area (Å²) in [5.41, 5.74) is 1.58. The van der Waals surface area contributed by atoms with E-state index in [1.54, 1.807) is 6.20 Å². The second-order valence-corrected chi connectivity index (χ2v) is 4.66. The second-order valence-electron chi connectivity index (χ2n) is 4.66. The molecule has 7 heteroatoms. The molecule has 0 saturated carbocycles. The van der Waals surface area contributed by atoms with E-state index in [1.807, 2.05) is 33.8 Å². The van der Waals surface area contributed by atoms with Crippen LogP contribution >= 0.6 is 24.8 Å². The lowest BCUT2D eigenvalue weighted by Crippen LogP contribution is -2.52. The van der Waals surface area contributed by atoms with Crippen molar-refractivity contribution >= 4 is 36.4 Å². The van der Waals surface area contributed by atoms with E-state index in [4.69, 9.17) is 0 Å². The first kappa shape index (κ1) is 16.8. The SMILES string of the molecule is C[C@@H]1CNCCN1C(=O)c1ccc2nccn2c1.Cl.Cl. The van der Waals surface area contributed by atoms with Gasteiger partial charge in [-0.05, 0) is 19.1 Å². The molecule has 0 bridgehead atoms. The Morgan fingerprint density at radius 1 is 1.40 bits per heavy atom. The molecule has 1 aliphatic heterocycles. The molecule has 0 unspecified atom stereocenters. The molecule has 0 aliphatic carbocycles. The molecule has 3 heterocycles. The van der Waals surface area contributed by atoms with Crippen LogP contribution < -0.4 is 5.32 Å². The van der Waals surface area contributed by atoms with Crippen LogP contribution in [-0.4, -0.2) is 45.9 Å². The molecule has 1 aliphatic rings. The van der Waals surface area contributed by atoms with Crippen molar-refractivity contribution in [2.24, 2.45) is 0 Å². The highest BCUT2D eigenvalue weighted by Gasteiger charge is 2.24. The van der Waals surface area contributed by atoms with Gasteiger partial charge in [-0.25, -0.2) is 4.98 Å². The number of pyridine rings is 1. The number of carbonyl (C=O) groups excluding carboxylic acids is 1. The van der Waals surface area contributed by atoms with E-state index in [9.17, 15) is 4.79 Å². The van der Waals surface area contributed by atoms with Crippen molar-refractivity contribution in [1.82, 2.24) is 19.6 Å². The summed E-state index contributed by atoms with van der Waals surface area (Å²) >= 11 is 0. The number of fused-ring (bicyclic) bond motifs is 1. The number of nitrogens with one attached hydrogen (secondary N) is 1. The van der Waals surface area contributed by atoms with Crippen LogP contribution in [-0.2, 0) is 0 Å². The lowest BCUT2D eigenvalue weighted by molar-refractivity contribution is 0.0655. The first-order valence-corrected chi connectivity index (χ1v) is 6.20. The fraction of sp³-hybridized carbons (Fsp3) is 0.385. The minimum Gasteiger partial charge on any atom is -0.333 e. The lowest BCUT2D eigenvalue weighted by atomic mass is 10.1. The number of nitrogens with zero attached hydrogens (tertiary/aromatic N) is 3. The lowest BCUT2D eigenvalue weighted by Gasteiger charge is -2.34. The molecule has 5 nitrogen and oxygen atoms in total. The molecule has 1 amide bonds. The first-order chi connectivity index (χ1) is 8.75. The minimum atomic E-state index is 0. The van der Waals surface area contributed by atoms with Crippen LogP contribution in [0.2, 0.25) is 0 Å². The van der Waals surface area contributed by atoms with E-state index in [0.29, 0.717) is 5.56 Å². The number of halogens is 2. The molecular formula is C13H18Cl2N4O. The topological polar surface area (TPSA) is 49.6 Å². The van der Waals surface area contributed by atoms with Gasteiger partial charge in [-0.2, -0.15) is 0 Å². The van der Waals surface area contributed by atoms with Crippen molar-refractivity contribution in [2.45, 2.75) is 13.0 Å². The normalized spacial score (nSPS) is 18.2. The van der Waals surface area contributed by atoms with Gasteiger partial charge in [-0.1, -0.05) is 0 Å². The van der Waals surface area contributed by atoms with Gasteiger partial charge in [0.1, 0.15) is 5.65 Å². The van der Waals surface area contributed by atoms with Crippen LogP contribution in [0.5, 0.6) is 0 Å². The molecule has 0 spiro atoms. The number of piperazine rings is 1. The number of imidazole rings is 1. The number of rotatable bonds is 1. The van der Waals surface area contributed by atoms with Crippen molar-refractivity contribution in [1.29, 1.82) is 0 Å². The molecule has 20 heavy (non-hydrogen) atoms. The van der Waals surface area contributed by atoms with Crippen LogP contribution in [0, 0.1) is 0 Å². The summed E-state index contributed by atoms with van der Waals surface area (Å²) in [6.07, 6.45) is 5.43. The summed E-state index contributed by atoms with van der Waals surface area (Å²) in [5.74, 6) is 0.0969. The molecule has 1 saturated heterocycles. The number of hydrogen-bond donors (Lipinski definition) is 1. The summed E-state index contributed by atoms with van der Waals surface area (Å²) in [6, 6.07) is 3.96. The molecule has 2 aromatic heterocycles. The monoisotopic (exact) mass is 316 g/mol. The molecule has 1 atom stereocenters. The van der Waals surface area contributed by atoms with Crippen molar-refractivity contribution in [2.75, 3.05) is 19.6 Å². The summed E-state index contributed by atoms with van der Waals surface area (Å²) in [7, 11) is 0. The summed E-state index contributed by atoms with van der Waals surface area (Å²) in [4.78, 5) is 18.5. The van der Waals surface area contributed by atoms with Gasteiger partial charge in [0.15, 0.2) is 0 Å². The standard InChI is InChI=1S/C13H16N4O.2ClH/c1-10-8-14-4-7-17(10)13(18)11-2-3-12-15-5-6-16(12)9-11;;/h2-3,5-6,9-10,14H,4,7-8H2,1H3;2*1H/t10-;;/m1../s1. The highest BCUT2D eigenvalue weighted by molar-refractivity contribution is 5.94. The predicted octanol–water partition coefficient (Wildman–Crippen LogP) is 1.61. The maximum atomic E-state index is 12.4. The zero-order valence-electron chi connectivity index (χ0n) is 11.2. The molecule has 110 valence electrons. The molecule has 2 aromatic rings. The van der Waals surface area contributed by atoms with E-state index in [2.05, 4.69) is 17.2 Å². The maximum absolute atomic E-state index is 12.4. The Labute approximate surface area is 130 Å². The van der Waals surface area contributed by atoms with Crippen LogP contribution in [0.4, 0.5) is 0 Å². The average Bonchev–Trinajstić information content (AvgIpc) is 2.85. The van der Waals surface area contributed by atoms with Crippen LogP contribution in [0.15, 0.2) is 30.7 Å². The third-order valence-electron chi connectivity index (χ3n) is 3.40. The zero-order chi connectivity index (χ0) is 12.5. The molecule has 1 N–H and O–H groups in total. The van der Waals surface area contributed by atoms with Gasteiger partial charge in [0.2, 0.25) is 0 Å². The van der Waals surface area contributed by atoms with Crippen LogP contribution in [0.3, 0.4) is 0 Å². The van der Waals surface area contributed by atoms with Gasteiger partial charge in [0.25, 0.3) is 5.91 Å². The molecule has 0 radical (unpaired) electrons. The van der Waals surface area contributed by atoms with Gasteiger partial charge in [-0.3, -0.25) is 4.79 Å². The highest BCUT2D eigenvalue weighted by atomic mass is 35.5. The van der Waals surface area contributed by atoms with Crippen molar-refractivity contribution < 1.29 is 4.79 Å². The van der Waals surface area contributed by atoms with Gasteiger partial charge < -0.3 is 14.6 Å². The molecule has 0 aromatic carbocycles. The van der Waals surface area contributed by atoms with Gasteiger partial charge in [-0.15, -0.1) is 24.8 Å². The minimum absolute atomic E-state index is 0. The fourth-order valence-electron chi connectivity index (χ4n) is 2.36. The Morgan fingerprint density at radius 2 is 2.20 bits per heavy atom. The number of hydrogen-bond acceptors (Lipinski definition) is 3. The predicted molar refractivity (Wildman–Crippen MR) is 83.1 cm³/mol. The van der Waals surface area contributed by atoms with Crippen molar-refractivity contribution in [3.05, 3.63) is 36.3 Å². The Kier molecular flexibility index (Phi) is 5.80. The Hall–Kier alpha value is -1.30. The Bertz CT molecular complexity index is 587. The number of aromatic nitrogens is 2. The first-order valence-electron chi connectivity index (χ1n) is 6.20. The second kappa shape index (κ2) is 6.92. The largest absolute Gasteiger partial charge is 0.333 e. The number of amides is 1. The van der Waals surface area contributed by atoms with E-state index in [0.717, 1.165) is 25.3 Å². The van der Waals surface area contributed by atoms with Gasteiger partial charge >= 0.3 is 0 Å². The van der Waals surface area contributed by atoms with E-state index in [-0.39, 0.29) is 36.8 Å². The van der Waals surface area contributed by atoms with Crippen molar-refractivity contribution in [3.63, 3.8) is 0 Å². The Morgan fingerprint density at radius 3 is 2.95 bits per heavy atom. The fourth-order valence-corrected chi connectivity index (χ4v) is 2.36. The van der Waals surface area contributed by atoms with E-state index >= 15 is 0 Å². The maximum Gasteiger partial charge on any atom is 0.255 e. The van der Waals surface area contributed by atoms with E-state index in [1.165, 1.54) is 0 Å². The molecule has 1 fully saturated rings. The molecule has 3 rings (SSSR count). The summed E-state index contributed by atoms with van der Waals surface area (Å²) in [5, 5.41) is 3.29. The Balaban J connectivity index is 0.000001000. The summed E-state index contributed by atoms with van der Waals surface area (Å²) in [6.45, 7) is 4.56.